The van der Waals surface area contributed by atoms with Gasteiger partial charge >= 0.3 is 5.69 Å². The molecule has 0 amide bonds. The number of hydrogen-bond acceptors (Lipinski definition) is 6. The molecule has 4 aromatic rings. The summed E-state index contributed by atoms with van der Waals surface area (Å²) in [6.45, 7) is 5.89. The van der Waals surface area contributed by atoms with E-state index in [0.717, 1.165) is 33.4 Å². The van der Waals surface area contributed by atoms with E-state index in [2.05, 4.69) is 4.90 Å². The highest BCUT2D eigenvalue weighted by molar-refractivity contribution is 5.50. The third kappa shape index (κ3) is 6.00. The molecule has 0 bridgehead atoms. The lowest BCUT2D eigenvalue weighted by molar-refractivity contribution is 0.246. The third-order valence-electron chi connectivity index (χ3n) is 7.96. The lowest BCUT2D eigenvalue weighted by atomic mass is 10.1. The second-order valence-electron chi connectivity index (χ2n) is 10.8. The maximum absolute atomic E-state index is 14.7. The van der Waals surface area contributed by atoms with E-state index in [1.807, 2.05) is 54.3 Å². The van der Waals surface area contributed by atoms with Gasteiger partial charge in [-0.05, 0) is 37.6 Å². The Morgan fingerprint density at radius 2 is 1.52 bits per heavy atom. The number of nitrogens with zero attached hydrogens (tertiary/aromatic N) is 4. The van der Waals surface area contributed by atoms with E-state index < -0.39 is 28.9 Å². The van der Waals surface area contributed by atoms with Crippen LogP contribution in [0.15, 0.2) is 76.3 Å². The molecule has 220 valence electrons. The molecule has 3 N–H and O–H groups in total. The van der Waals surface area contributed by atoms with Gasteiger partial charge in [-0.25, -0.2) is 13.6 Å². The summed E-state index contributed by atoms with van der Waals surface area (Å²) in [5.41, 5.74) is 8.29. The van der Waals surface area contributed by atoms with Crippen molar-refractivity contribution in [2.75, 3.05) is 31.1 Å². The van der Waals surface area contributed by atoms with Crippen molar-refractivity contribution in [2.45, 2.75) is 39.5 Å². The van der Waals surface area contributed by atoms with Crippen molar-refractivity contribution in [1.82, 2.24) is 14.0 Å². The maximum Gasteiger partial charge on any atom is 0.331 e. The van der Waals surface area contributed by atoms with Gasteiger partial charge in [0.15, 0.2) is 0 Å². The van der Waals surface area contributed by atoms with E-state index in [1.54, 1.807) is 13.0 Å². The first kappa shape index (κ1) is 29.2. The quantitative estimate of drug-likeness (QED) is 0.333. The molecule has 1 fully saturated rings. The minimum absolute atomic E-state index is 0.0959. The molecule has 1 saturated heterocycles. The number of halogens is 2. The largest absolute Gasteiger partial charge is 0.508 e. The second-order valence-corrected chi connectivity index (χ2v) is 10.8. The molecular formula is C32H35F2N5O3. The number of nitrogens with two attached hydrogens (primary N) is 1. The van der Waals surface area contributed by atoms with Gasteiger partial charge < -0.3 is 15.7 Å². The smallest absolute Gasteiger partial charge is 0.331 e. The van der Waals surface area contributed by atoms with Crippen LogP contribution in [0.4, 0.5) is 14.5 Å². The number of rotatable bonds is 8. The molecule has 42 heavy (non-hydrogen) atoms. The van der Waals surface area contributed by atoms with E-state index >= 15 is 0 Å². The average molecular weight is 576 g/mol. The fraction of sp³-hybridized carbons (Fsp3) is 0.312. The van der Waals surface area contributed by atoms with Gasteiger partial charge in [-0.15, -0.1) is 0 Å². The lowest BCUT2D eigenvalue weighted by Gasteiger charge is -2.37. The van der Waals surface area contributed by atoms with Crippen molar-refractivity contribution in [3.05, 3.63) is 127 Å². The average Bonchev–Trinajstić information content (AvgIpc) is 2.98. The Balaban J connectivity index is 1.50. The van der Waals surface area contributed by atoms with Crippen LogP contribution in [0.3, 0.4) is 0 Å². The topological polar surface area (TPSA) is 96.7 Å². The van der Waals surface area contributed by atoms with Crippen LogP contribution in [0, 0.1) is 25.5 Å². The van der Waals surface area contributed by atoms with Crippen molar-refractivity contribution in [1.29, 1.82) is 0 Å². The number of aromatic nitrogens is 2. The molecule has 1 aromatic heterocycles. The van der Waals surface area contributed by atoms with Gasteiger partial charge in [0, 0.05) is 55.6 Å². The number of anilines is 1. The van der Waals surface area contributed by atoms with Crippen LogP contribution in [0.25, 0.3) is 0 Å². The van der Waals surface area contributed by atoms with Crippen LogP contribution in [0.2, 0.25) is 0 Å². The van der Waals surface area contributed by atoms with Crippen LogP contribution in [0.1, 0.15) is 34.0 Å². The van der Waals surface area contributed by atoms with Crippen LogP contribution in [0.5, 0.6) is 5.75 Å². The summed E-state index contributed by atoms with van der Waals surface area (Å²) in [5.74, 6) is -1.30. The van der Waals surface area contributed by atoms with Crippen molar-refractivity contribution < 1.29 is 13.9 Å². The molecule has 3 aromatic carbocycles. The van der Waals surface area contributed by atoms with Crippen LogP contribution < -0.4 is 21.9 Å². The minimum atomic E-state index is -0.769. The summed E-state index contributed by atoms with van der Waals surface area (Å²) in [7, 11) is 0. The third-order valence-corrected chi connectivity index (χ3v) is 7.96. The fourth-order valence-corrected chi connectivity index (χ4v) is 5.55. The zero-order valence-corrected chi connectivity index (χ0v) is 23.8. The van der Waals surface area contributed by atoms with Crippen molar-refractivity contribution in [2.24, 2.45) is 5.73 Å². The van der Waals surface area contributed by atoms with Gasteiger partial charge in [0.25, 0.3) is 5.56 Å². The lowest BCUT2D eigenvalue weighted by Crippen LogP contribution is -2.51. The molecule has 1 atom stereocenters. The highest BCUT2D eigenvalue weighted by Gasteiger charge is 2.27. The molecule has 0 saturated carbocycles. The number of benzene rings is 3. The van der Waals surface area contributed by atoms with E-state index in [1.165, 1.54) is 10.6 Å². The molecule has 2 heterocycles. The van der Waals surface area contributed by atoms with Crippen molar-refractivity contribution >= 4 is 5.69 Å². The SMILES string of the molecule is Cc1ccc(O)c(CN2CCN(c3c(C)n(Cc4c(F)cccc4F)c(=O)n(C[C@H](N)c4ccccc4)c3=O)CC2)c1. The summed E-state index contributed by atoms with van der Waals surface area (Å²) < 4.78 is 31.7. The Labute approximate surface area is 242 Å². The molecular weight excluding hydrogens is 540 g/mol. The van der Waals surface area contributed by atoms with Gasteiger partial charge in [-0.3, -0.25) is 18.8 Å². The van der Waals surface area contributed by atoms with Gasteiger partial charge in [-0.1, -0.05) is 54.1 Å². The Bertz CT molecular complexity index is 1680. The zero-order valence-electron chi connectivity index (χ0n) is 23.8. The number of phenols is 1. The highest BCUT2D eigenvalue weighted by atomic mass is 19.1. The predicted octanol–water partition coefficient (Wildman–Crippen LogP) is 3.68. The summed E-state index contributed by atoms with van der Waals surface area (Å²) in [6, 6.07) is 17.6. The number of piperazine rings is 1. The molecule has 10 heteroatoms. The molecule has 0 spiro atoms. The van der Waals surface area contributed by atoms with E-state index in [0.29, 0.717) is 44.1 Å². The zero-order chi connectivity index (χ0) is 30.0. The highest BCUT2D eigenvalue weighted by Crippen LogP contribution is 2.23. The van der Waals surface area contributed by atoms with E-state index in [9.17, 15) is 23.5 Å². The van der Waals surface area contributed by atoms with Crippen LogP contribution in [-0.4, -0.2) is 45.3 Å². The molecule has 1 aliphatic heterocycles. The predicted molar refractivity (Wildman–Crippen MR) is 159 cm³/mol. The standard InChI is InChI=1S/C32H35F2N5O3/c1-21-11-12-29(40)24(17-21)18-36-13-15-37(16-14-36)30-22(2)38(19-25-26(33)9-6-10-27(25)34)32(42)39(31(30)41)20-28(35)23-7-4-3-5-8-23/h3-12,17,28,40H,13-16,18-20,35H2,1-2H3/t28-/m0/s1. The van der Waals surface area contributed by atoms with Gasteiger partial charge in [0.2, 0.25) is 0 Å². The molecule has 0 unspecified atom stereocenters. The first-order chi connectivity index (χ1) is 20.1. The Hall–Kier alpha value is -4.28. The molecule has 1 aliphatic rings. The van der Waals surface area contributed by atoms with E-state index in [4.69, 9.17) is 5.73 Å². The first-order valence-electron chi connectivity index (χ1n) is 14.0. The first-order valence-corrected chi connectivity index (χ1v) is 14.0. The van der Waals surface area contributed by atoms with Gasteiger partial charge in [0.1, 0.15) is 23.1 Å². The molecule has 8 nitrogen and oxygen atoms in total. The van der Waals surface area contributed by atoms with Crippen molar-refractivity contribution in [3.63, 3.8) is 0 Å². The Kier molecular flexibility index (Phi) is 8.56. The molecule has 0 aliphatic carbocycles. The Morgan fingerprint density at radius 1 is 0.857 bits per heavy atom. The second kappa shape index (κ2) is 12.3. The fourth-order valence-electron chi connectivity index (χ4n) is 5.55. The van der Waals surface area contributed by atoms with Crippen LogP contribution in [-0.2, 0) is 19.6 Å². The van der Waals surface area contributed by atoms with Crippen LogP contribution >= 0.6 is 0 Å². The van der Waals surface area contributed by atoms with Gasteiger partial charge in [-0.2, -0.15) is 0 Å². The van der Waals surface area contributed by atoms with E-state index in [-0.39, 0.29) is 24.4 Å². The summed E-state index contributed by atoms with van der Waals surface area (Å²) in [4.78, 5) is 31.8. The monoisotopic (exact) mass is 575 g/mol. The summed E-state index contributed by atoms with van der Waals surface area (Å²) >= 11 is 0. The van der Waals surface area contributed by atoms with Crippen molar-refractivity contribution in [3.8, 4) is 5.75 Å². The Morgan fingerprint density at radius 3 is 2.19 bits per heavy atom. The number of aryl methyl sites for hydroxylation is 1. The maximum atomic E-state index is 14.7. The number of hydrogen-bond donors (Lipinski definition) is 2. The summed E-state index contributed by atoms with van der Waals surface area (Å²) in [5, 5.41) is 10.3. The number of phenolic OH excluding ortho intramolecular Hbond substituents is 1. The molecule has 0 radical (unpaired) electrons. The minimum Gasteiger partial charge on any atom is -0.508 e. The normalized spacial score (nSPS) is 14.7. The summed E-state index contributed by atoms with van der Waals surface area (Å²) in [6.07, 6.45) is 0. The number of aromatic hydroxyl groups is 1. The molecule has 5 rings (SSSR count). The van der Waals surface area contributed by atoms with Gasteiger partial charge in [0.05, 0.1) is 13.1 Å².